The minimum Gasteiger partial charge on any atom is -0.391 e. The van der Waals surface area contributed by atoms with Gasteiger partial charge in [-0.1, -0.05) is 6.58 Å². The topological polar surface area (TPSA) is 12.0 Å². The smallest absolute Gasteiger partial charge is 0.0380 e. The molecule has 0 rings (SSSR count). The second-order valence-electron chi connectivity index (χ2n) is 1.45. The molecule has 0 spiro atoms. The summed E-state index contributed by atoms with van der Waals surface area (Å²) in [5, 5.41) is 3.15. The summed E-state index contributed by atoms with van der Waals surface area (Å²) in [5.74, 6) is 0. The van der Waals surface area contributed by atoms with Crippen molar-refractivity contribution >= 4 is 12.6 Å². The Bertz CT molecular complexity index is 68.5. The van der Waals surface area contributed by atoms with Crippen molar-refractivity contribution in [1.82, 2.24) is 5.32 Å². The molecule has 0 aromatic rings. The lowest BCUT2D eigenvalue weighted by Crippen LogP contribution is -2.11. The quantitative estimate of drug-likeness (QED) is 0.515. The van der Waals surface area contributed by atoms with E-state index in [1.807, 2.05) is 14.0 Å². The second kappa shape index (κ2) is 2.97. The van der Waals surface area contributed by atoms with Crippen LogP contribution in [0.25, 0.3) is 0 Å². The maximum absolute atomic E-state index is 4.11. The van der Waals surface area contributed by atoms with Gasteiger partial charge in [-0.3, -0.25) is 0 Å². The first kappa shape index (κ1) is 6.89. The molecule has 0 aromatic heterocycles. The zero-order chi connectivity index (χ0) is 5.86. The molecule has 1 unspecified atom stereocenters. The van der Waals surface area contributed by atoms with Crippen LogP contribution in [0.4, 0.5) is 0 Å². The van der Waals surface area contributed by atoms with Gasteiger partial charge in [0.15, 0.2) is 0 Å². The average molecular weight is 117 g/mol. The highest BCUT2D eigenvalue weighted by Crippen LogP contribution is 1.99. The molecule has 7 heavy (non-hydrogen) atoms. The van der Waals surface area contributed by atoms with E-state index in [0.717, 1.165) is 5.70 Å². The van der Waals surface area contributed by atoms with Crippen LogP contribution in [0, 0.1) is 0 Å². The Morgan fingerprint density at radius 1 is 1.86 bits per heavy atom. The summed E-state index contributed by atoms with van der Waals surface area (Å²) in [6, 6.07) is 0. The Morgan fingerprint density at radius 3 is 2.29 bits per heavy atom. The van der Waals surface area contributed by atoms with Crippen molar-refractivity contribution in [3.05, 3.63) is 12.3 Å². The van der Waals surface area contributed by atoms with Gasteiger partial charge in [-0.15, -0.1) is 0 Å². The zero-order valence-corrected chi connectivity index (χ0v) is 5.63. The summed E-state index contributed by atoms with van der Waals surface area (Å²) in [6.07, 6.45) is 0. The lowest BCUT2D eigenvalue weighted by molar-refractivity contribution is 0.924. The molecule has 2 heteroatoms. The molecule has 0 saturated heterocycles. The summed E-state index contributed by atoms with van der Waals surface area (Å²) in [7, 11) is 1.84. The van der Waals surface area contributed by atoms with E-state index in [1.165, 1.54) is 0 Å². The van der Waals surface area contributed by atoms with E-state index in [-0.39, 0.29) is 5.25 Å². The normalized spacial score (nSPS) is 13.0. The molecule has 0 radical (unpaired) electrons. The molecule has 1 nitrogen and oxygen atoms in total. The Balaban J connectivity index is 3.35. The molecular weight excluding hydrogens is 106 g/mol. The number of rotatable bonds is 2. The van der Waals surface area contributed by atoms with Crippen molar-refractivity contribution in [3.63, 3.8) is 0 Å². The fourth-order valence-electron chi connectivity index (χ4n) is 0.209. The van der Waals surface area contributed by atoms with E-state index in [1.54, 1.807) is 0 Å². The Kier molecular flexibility index (Phi) is 2.92. The van der Waals surface area contributed by atoms with E-state index < -0.39 is 0 Å². The Hall–Kier alpha value is -0.110. The lowest BCUT2D eigenvalue weighted by atomic mass is 10.4. The highest BCUT2D eigenvalue weighted by Gasteiger charge is 1.93. The molecule has 0 aliphatic carbocycles. The fourth-order valence-corrected chi connectivity index (χ4v) is 0.338. The molecule has 0 saturated carbocycles. The number of nitrogens with one attached hydrogen (secondary N) is 1. The molecule has 1 atom stereocenters. The summed E-state index contributed by atoms with van der Waals surface area (Å²) in [5.41, 5.74) is 0.961. The van der Waals surface area contributed by atoms with Gasteiger partial charge in [-0.05, 0) is 6.92 Å². The highest BCUT2D eigenvalue weighted by atomic mass is 32.1. The third kappa shape index (κ3) is 2.57. The molecule has 0 amide bonds. The summed E-state index contributed by atoms with van der Waals surface area (Å²) in [4.78, 5) is 0. The zero-order valence-electron chi connectivity index (χ0n) is 4.73. The van der Waals surface area contributed by atoms with Crippen molar-refractivity contribution in [2.45, 2.75) is 12.2 Å². The van der Waals surface area contributed by atoms with Gasteiger partial charge in [0, 0.05) is 18.0 Å². The minimum atomic E-state index is 0.255. The predicted molar refractivity (Wildman–Crippen MR) is 36.6 cm³/mol. The Morgan fingerprint density at radius 2 is 2.29 bits per heavy atom. The maximum atomic E-state index is 4.11. The van der Waals surface area contributed by atoms with Crippen molar-refractivity contribution in [1.29, 1.82) is 0 Å². The fraction of sp³-hybridized carbons (Fsp3) is 0.600. The van der Waals surface area contributed by atoms with Crippen molar-refractivity contribution in [2.24, 2.45) is 0 Å². The van der Waals surface area contributed by atoms with Crippen LogP contribution in [-0.4, -0.2) is 12.3 Å². The Labute approximate surface area is 50.2 Å². The lowest BCUT2D eigenvalue weighted by Gasteiger charge is -2.05. The highest BCUT2D eigenvalue weighted by molar-refractivity contribution is 7.81. The van der Waals surface area contributed by atoms with Gasteiger partial charge in [-0.2, -0.15) is 12.6 Å². The largest absolute Gasteiger partial charge is 0.391 e. The van der Waals surface area contributed by atoms with Crippen molar-refractivity contribution in [2.75, 3.05) is 7.05 Å². The molecule has 0 heterocycles. The van der Waals surface area contributed by atoms with Crippen LogP contribution < -0.4 is 5.32 Å². The first-order chi connectivity index (χ1) is 3.18. The first-order valence-corrected chi connectivity index (χ1v) is 2.74. The van der Waals surface area contributed by atoms with Gasteiger partial charge < -0.3 is 5.32 Å². The predicted octanol–water partition coefficient (Wildman–Crippen LogP) is 1.04. The van der Waals surface area contributed by atoms with Crippen LogP contribution in [0.1, 0.15) is 6.92 Å². The van der Waals surface area contributed by atoms with E-state index in [0.29, 0.717) is 0 Å². The number of hydrogen-bond donors (Lipinski definition) is 2. The molecule has 0 bridgehead atoms. The summed E-state index contributed by atoms with van der Waals surface area (Å²) >= 11 is 4.11. The molecule has 42 valence electrons. The van der Waals surface area contributed by atoms with Crippen LogP contribution in [0.15, 0.2) is 12.3 Å². The molecule has 1 N–H and O–H groups in total. The van der Waals surface area contributed by atoms with Crippen LogP contribution >= 0.6 is 12.6 Å². The summed E-state index contributed by atoms with van der Waals surface area (Å²) in [6.45, 7) is 5.66. The summed E-state index contributed by atoms with van der Waals surface area (Å²) < 4.78 is 0. The van der Waals surface area contributed by atoms with Gasteiger partial charge >= 0.3 is 0 Å². The van der Waals surface area contributed by atoms with Crippen LogP contribution in [0.2, 0.25) is 0 Å². The van der Waals surface area contributed by atoms with E-state index >= 15 is 0 Å². The SMILES string of the molecule is C=C(NC)C(C)S. The van der Waals surface area contributed by atoms with Crippen molar-refractivity contribution < 1.29 is 0 Å². The monoisotopic (exact) mass is 117 g/mol. The molecule has 0 aliphatic rings. The number of hydrogen-bond acceptors (Lipinski definition) is 2. The van der Waals surface area contributed by atoms with Crippen molar-refractivity contribution in [3.8, 4) is 0 Å². The van der Waals surface area contributed by atoms with Gasteiger partial charge in [0.25, 0.3) is 0 Å². The molecule has 0 aliphatic heterocycles. The van der Waals surface area contributed by atoms with Gasteiger partial charge in [0.2, 0.25) is 0 Å². The molecular formula is C5H11NS. The van der Waals surface area contributed by atoms with E-state index in [2.05, 4.69) is 24.5 Å². The van der Waals surface area contributed by atoms with E-state index in [4.69, 9.17) is 0 Å². The molecule has 0 aromatic carbocycles. The average Bonchev–Trinajstić information content (AvgIpc) is 1.65. The first-order valence-electron chi connectivity index (χ1n) is 2.23. The third-order valence-corrected chi connectivity index (χ3v) is 1.14. The minimum absolute atomic E-state index is 0.255. The molecule has 0 fully saturated rings. The van der Waals surface area contributed by atoms with Gasteiger partial charge in [0.1, 0.15) is 0 Å². The second-order valence-corrected chi connectivity index (χ2v) is 2.23. The van der Waals surface area contributed by atoms with Crippen LogP contribution in [0.3, 0.4) is 0 Å². The van der Waals surface area contributed by atoms with E-state index in [9.17, 15) is 0 Å². The number of thiol groups is 1. The van der Waals surface area contributed by atoms with Crippen LogP contribution in [-0.2, 0) is 0 Å². The standard InChI is InChI=1S/C5H11NS/c1-4(6-3)5(2)7/h5-7H,1H2,2-3H3. The maximum Gasteiger partial charge on any atom is 0.0380 e. The third-order valence-electron chi connectivity index (χ3n) is 0.825. The van der Waals surface area contributed by atoms with Gasteiger partial charge in [-0.25, -0.2) is 0 Å². The van der Waals surface area contributed by atoms with Crippen LogP contribution in [0.5, 0.6) is 0 Å². The van der Waals surface area contributed by atoms with Gasteiger partial charge in [0.05, 0.1) is 0 Å².